The van der Waals surface area contributed by atoms with E-state index in [4.69, 9.17) is 18.9 Å². The predicted octanol–water partition coefficient (Wildman–Crippen LogP) is 2.17. The number of cyclic esters (lactones) is 1. The molecule has 0 aromatic rings. The van der Waals surface area contributed by atoms with E-state index in [0.717, 1.165) is 12.8 Å². The van der Waals surface area contributed by atoms with Crippen molar-refractivity contribution in [2.75, 3.05) is 13.7 Å². The van der Waals surface area contributed by atoms with E-state index in [2.05, 4.69) is 0 Å². The summed E-state index contributed by atoms with van der Waals surface area (Å²) in [6.45, 7) is 1.29. The fourth-order valence-corrected chi connectivity index (χ4v) is 4.25. The molecule has 10 nitrogen and oxygen atoms in total. The molecule has 0 bridgehead atoms. The minimum absolute atomic E-state index is 0.0497. The number of esters is 1. The van der Waals surface area contributed by atoms with Crippen LogP contribution in [-0.2, 0) is 23.7 Å². The van der Waals surface area contributed by atoms with E-state index in [-0.39, 0.29) is 12.2 Å². The van der Waals surface area contributed by atoms with Gasteiger partial charge in [-0.3, -0.25) is 0 Å². The quantitative estimate of drug-likeness (QED) is 0.314. The average molecular weight is 579 g/mol. The van der Waals surface area contributed by atoms with Crippen molar-refractivity contribution < 1.29 is 49.3 Å². The first-order valence-corrected chi connectivity index (χ1v) is 14.1. The summed E-state index contributed by atoms with van der Waals surface area (Å²) in [5.74, 6) is -0.453. The maximum Gasteiger partial charge on any atom is 0.331 e. The van der Waals surface area contributed by atoms with Crippen molar-refractivity contribution in [2.24, 2.45) is 0 Å². The van der Waals surface area contributed by atoms with Gasteiger partial charge in [-0.15, -0.1) is 0 Å². The lowest BCUT2D eigenvalue weighted by Crippen LogP contribution is -2.59. The Kier molecular flexibility index (Phi) is 16.7. The number of aliphatic hydroxyl groups is 5. The molecule has 10 heteroatoms. The van der Waals surface area contributed by atoms with Gasteiger partial charge >= 0.3 is 5.97 Å². The molecule has 0 spiro atoms. The molecule has 2 aliphatic heterocycles. The highest BCUT2D eigenvalue weighted by atomic mass is 16.7. The van der Waals surface area contributed by atoms with Crippen LogP contribution in [0.5, 0.6) is 0 Å². The van der Waals surface area contributed by atoms with Crippen LogP contribution in [0.15, 0.2) is 72.9 Å². The first kappa shape index (κ1) is 34.8. The number of methoxy groups -OCH3 is 1. The number of carbonyl (C=O) groups is 1. The van der Waals surface area contributed by atoms with Crippen LogP contribution in [0.2, 0.25) is 0 Å². The molecule has 2 heterocycles. The first-order chi connectivity index (χ1) is 19.7. The summed E-state index contributed by atoms with van der Waals surface area (Å²) in [7, 11) is 1.66. The van der Waals surface area contributed by atoms with E-state index in [1.807, 2.05) is 37.3 Å². The Balaban J connectivity index is 2.12. The minimum atomic E-state index is -1.55. The van der Waals surface area contributed by atoms with E-state index < -0.39 is 55.5 Å². The summed E-state index contributed by atoms with van der Waals surface area (Å²) >= 11 is 0. The highest BCUT2D eigenvalue weighted by Gasteiger charge is 2.44. The third-order valence-electron chi connectivity index (χ3n) is 6.69. The normalized spacial score (nSPS) is 39.9. The second kappa shape index (κ2) is 19.7. The van der Waals surface area contributed by atoms with Crippen molar-refractivity contribution in [3.05, 3.63) is 72.9 Å². The molecule has 5 N–H and O–H groups in total. The Hall–Kier alpha value is -2.41. The van der Waals surface area contributed by atoms with Gasteiger partial charge in [-0.2, -0.15) is 0 Å². The summed E-state index contributed by atoms with van der Waals surface area (Å²) in [4.78, 5) is 12.2. The summed E-state index contributed by atoms with van der Waals surface area (Å²) < 4.78 is 22.3. The average Bonchev–Trinajstić information content (AvgIpc) is 2.95. The van der Waals surface area contributed by atoms with Gasteiger partial charge in [0.25, 0.3) is 0 Å². The summed E-state index contributed by atoms with van der Waals surface area (Å²) in [5.41, 5.74) is 0. The fourth-order valence-electron chi connectivity index (χ4n) is 4.25. The molecule has 0 amide bonds. The molecule has 0 aliphatic carbocycles. The lowest BCUT2D eigenvalue weighted by atomic mass is 9.99. The van der Waals surface area contributed by atoms with Crippen molar-refractivity contribution in [3.63, 3.8) is 0 Å². The van der Waals surface area contributed by atoms with Gasteiger partial charge in [-0.05, 0) is 45.4 Å². The molecule has 1 fully saturated rings. The molecule has 0 aromatic carbocycles. The largest absolute Gasteiger partial charge is 0.460 e. The van der Waals surface area contributed by atoms with E-state index in [1.54, 1.807) is 43.6 Å². The minimum Gasteiger partial charge on any atom is -0.460 e. The van der Waals surface area contributed by atoms with Crippen LogP contribution in [0.25, 0.3) is 0 Å². The highest BCUT2D eigenvalue weighted by molar-refractivity contribution is 5.82. The lowest BCUT2D eigenvalue weighted by Gasteiger charge is -2.40. The third-order valence-corrected chi connectivity index (χ3v) is 6.69. The third kappa shape index (κ3) is 13.4. The molecular weight excluding hydrogens is 532 g/mol. The topological polar surface area (TPSA) is 155 Å². The van der Waals surface area contributed by atoms with Gasteiger partial charge in [-0.25, -0.2) is 4.79 Å². The van der Waals surface area contributed by atoms with Gasteiger partial charge in [0.05, 0.1) is 31.0 Å². The number of ether oxygens (including phenoxy) is 4. The van der Waals surface area contributed by atoms with Crippen LogP contribution in [0.4, 0.5) is 0 Å². The monoisotopic (exact) mass is 578 g/mol. The number of rotatable bonds is 4. The first-order valence-electron chi connectivity index (χ1n) is 14.1. The van der Waals surface area contributed by atoms with Crippen molar-refractivity contribution in [1.82, 2.24) is 0 Å². The standard InChI is InChI=1S/C31H46O10/c1-22-13-12-19-24(38-2)16-8-3-6-14-23(33)15-7-4-9-17-25(18-10-5-11-20-27(34)39-22)40-31-30(37)29(36)28(35)26(21-32)41-31/h3-11,16-17,20,22-26,28-33,35-37H,12-15,18-19,21H2,1-2H3/b6-3+,7-4-,10-5+,16-8-,17-9+,20-11-/t22-,23-,24?,25-,26+,28+,29-,30+,31+/m1/s1. The van der Waals surface area contributed by atoms with E-state index >= 15 is 0 Å². The van der Waals surface area contributed by atoms with Crippen LogP contribution < -0.4 is 0 Å². The van der Waals surface area contributed by atoms with Gasteiger partial charge in [0.15, 0.2) is 6.29 Å². The zero-order valence-electron chi connectivity index (χ0n) is 23.9. The van der Waals surface area contributed by atoms with Gasteiger partial charge < -0.3 is 44.5 Å². The molecular formula is C31H46O10. The summed E-state index contributed by atoms with van der Waals surface area (Å²) in [6, 6.07) is 0. The zero-order valence-corrected chi connectivity index (χ0v) is 23.9. The molecule has 230 valence electrons. The Morgan fingerprint density at radius 3 is 2.12 bits per heavy atom. The Morgan fingerprint density at radius 2 is 1.46 bits per heavy atom. The number of carbonyl (C=O) groups excluding carboxylic acids is 1. The van der Waals surface area contributed by atoms with Gasteiger partial charge in [0.2, 0.25) is 0 Å². The fraction of sp³-hybridized carbons (Fsp3) is 0.581. The van der Waals surface area contributed by atoms with E-state index in [1.165, 1.54) is 6.08 Å². The van der Waals surface area contributed by atoms with E-state index in [9.17, 15) is 30.3 Å². The van der Waals surface area contributed by atoms with Crippen molar-refractivity contribution >= 4 is 5.97 Å². The summed E-state index contributed by atoms with van der Waals surface area (Å²) in [6.07, 6.45) is 16.1. The molecule has 1 saturated heterocycles. The van der Waals surface area contributed by atoms with Crippen LogP contribution in [0.3, 0.4) is 0 Å². The second-order valence-corrected chi connectivity index (χ2v) is 10.1. The molecule has 0 aromatic heterocycles. The summed E-state index contributed by atoms with van der Waals surface area (Å²) in [5, 5.41) is 50.2. The molecule has 9 atom stereocenters. The Labute approximate surface area is 242 Å². The molecule has 1 unspecified atom stereocenters. The number of allylic oxidation sites excluding steroid dienone is 6. The molecule has 2 rings (SSSR count). The smallest absolute Gasteiger partial charge is 0.331 e. The maximum absolute atomic E-state index is 12.2. The highest BCUT2D eigenvalue weighted by Crippen LogP contribution is 2.24. The predicted molar refractivity (Wildman–Crippen MR) is 154 cm³/mol. The van der Waals surface area contributed by atoms with Gasteiger partial charge in [0, 0.05) is 13.2 Å². The van der Waals surface area contributed by atoms with E-state index in [0.29, 0.717) is 25.7 Å². The molecule has 0 saturated carbocycles. The number of hydrogen-bond donors (Lipinski definition) is 5. The molecule has 41 heavy (non-hydrogen) atoms. The zero-order chi connectivity index (χ0) is 30.0. The Morgan fingerprint density at radius 1 is 0.829 bits per heavy atom. The van der Waals surface area contributed by atoms with Crippen LogP contribution in [-0.4, -0.2) is 100 Å². The number of aliphatic hydroxyl groups excluding tert-OH is 5. The Bertz CT molecular complexity index is 922. The van der Waals surface area contributed by atoms with Crippen molar-refractivity contribution in [2.45, 2.75) is 101 Å². The van der Waals surface area contributed by atoms with Crippen LogP contribution >= 0.6 is 0 Å². The maximum atomic E-state index is 12.2. The second-order valence-electron chi connectivity index (χ2n) is 10.1. The van der Waals surface area contributed by atoms with Crippen LogP contribution in [0.1, 0.15) is 45.4 Å². The molecule has 2 aliphatic rings. The molecule has 0 radical (unpaired) electrons. The SMILES string of the molecule is COC1/C=C\C=C\C[C@@H](O)C/C=C\C=C\[C@@H](O[C@H]2O[C@@H](CO)[C@H](O)[C@@H](O)[C@@H]2O)C/C=C/C=C\C(=O)O[C@H](C)CCC1. The van der Waals surface area contributed by atoms with Gasteiger partial charge in [0.1, 0.15) is 24.4 Å². The lowest BCUT2D eigenvalue weighted by molar-refractivity contribution is -0.307. The number of hydrogen-bond acceptors (Lipinski definition) is 10. The van der Waals surface area contributed by atoms with Crippen LogP contribution in [0, 0.1) is 0 Å². The van der Waals surface area contributed by atoms with Gasteiger partial charge in [-0.1, -0.05) is 66.8 Å². The van der Waals surface area contributed by atoms with Crippen molar-refractivity contribution in [1.29, 1.82) is 0 Å². The van der Waals surface area contributed by atoms with Crippen molar-refractivity contribution in [3.8, 4) is 0 Å².